The van der Waals surface area contributed by atoms with E-state index in [1.165, 1.54) is 0 Å². The molecule has 1 aromatic rings. The van der Waals surface area contributed by atoms with E-state index in [0.717, 1.165) is 12.8 Å². The maximum atomic E-state index is 12.5. The first-order valence-electron chi connectivity index (χ1n) is 6.62. The number of amides is 1. The summed E-state index contributed by atoms with van der Waals surface area (Å²) in [4.78, 5) is 14.2. The number of aliphatic hydroxyl groups excluding tert-OH is 1. The van der Waals surface area contributed by atoms with Crippen LogP contribution in [0.1, 0.15) is 30.1 Å². The van der Waals surface area contributed by atoms with E-state index in [9.17, 15) is 9.90 Å². The van der Waals surface area contributed by atoms with Crippen LogP contribution in [0.25, 0.3) is 0 Å². The lowest BCUT2D eigenvalue weighted by Crippen LogP contribution is -2.42. The predicted molar refractivity (Wildman–Crippen MR) is 73.2 cm³/mol. The summed E-state index contributed by atoms with van der Waals surface area (Å²) in [6.07, 6.45) is 1.11. The average Bonchev–Trinajstić information content (AvgIpc) is 2.39. The van der Waals surface area contributed by atoms with Gasteiger partial charge in [0.1, 0.15) is 11.3 Å². The molecule has 2 rings (SSSR count). The second-order valence-electron chi connectivity index (χ2n) is 4.70. The molecule has 0 spiro atoms. The number of carbonyl (C=O) groups is 1. The van der Waals surface area contributed by atoms with E-state index >= 15 is 0 Å². The minimum Gasteiger partial charge on any atom is -0.493 e. The molecule has 1 amide bonds. The molecule has 19 heavy (non-hydrogen) atoms. The average molecular weight is 264 g/mol. The Labute approximate surface area is 113 Å². The Morgan fingerprint density at radius 1 is 1.58 bits per heavy atom. The first-order valence-corrected chi connectivity index (χ1v) is 6.62. The predicted octanol–water partition coefficient (Wildman–Crippen LogP) is 1.26. The van der Waals surface area contributed by atoms with E-state index in [2.05, 4.69) is 0 Å². The lowest BCUT2D eigenvalue weighted by molar-refractivity contribution is 0.0471. The molecule has 0 radical (unpaired) electrons. The van der Waals surface area contributed by atoms with E-state index in [1.807, 2.05) is 6.92 Å². The Bertz CT molecular complexity index is 462. The zero-order chi connectivity index (χ0) is 13.8. The topological polar surface area (TPSA) is 75.8 Å². The Kier molecular flexibility index (Phi) is 4.27. The van der Waals surface area contributed by atoms with Gasteiger partial charge < -0.3 is 20.5 Å². The van der Waals surface area contributed by atoms with Crippen molar-refractivity contribution in [1.82, 2.24) is 4.90 Å². The van der Waals surface area contributed by atoms with Gasteiger partial charge in [-0.1, -0.05) is 6.07 Å². The second-order valence-corrected chi connectivity index (χ2v) is 4.70. The van der Waals surface area contributed by atoms with Gasteiger partial charge in [0.2, 0.25) is 0 Å². The van der Waals surface area contributed by atoms with Crippen molar-refractivity contribution in [3.63, 3.8) is 0 Å². The summed E-state index contributed by atoms with van der Waals surface area (Å²) in [5, 5.41) is 9.66. The molecule has 1 aliphatic heterocycles. The molecule has 1 atom stereocenters. The Morgan fingerprint density at radius 3 is 3.05 bits per heavy atom. The van der Waals surface area contributed by atoms with Crippen molar-refractivity contribution in [3.8, 4) is 5.75 Å². The number of piperidine rings is 1. The molecule has 0 aliphatic carbocycles. The number of β-amino-alcohol motifs (C(OH)–C–C–N with tert-alkyl or cyclic N) is 1. The highest BCUT2D eigenvalue weighted by molar-refractivity contribution is 6.01. The zero-order valence-electron chi connectivity index (χ0n) is 11.1. The molecule has 0 unspecified atom stereocenters. The zero-order valence-corrected chi connectivity index (χ0v) is 11.1. The molecule has 1 aromatic carbocycles. The van der Waals surface area contributed by atoms with Crippen LogP contribution in [0.5, 0.6) is 5.75 Å². The molecule has 0 bridgehead atoms. The van der Waals surface area contributed by atoms with E-state index in [0.29, 0.717) is 36.7 Å². The first kappa shape index (κ1) is 13.7. The van der Waals surface area contributed by atoms with Crippen LogP contribution in [0.3, 0.4) is 0 Å². The number of nitrogens with zero attached hydrogens (tertiary/aromatic N) is 1. The van der Waals surface area contributed by atoms with Gasteiger partial charge in [-0.05, 0) is 31.9 Å². The fourth-order valence-corrected chi connectivity index (χ4v) is 2.35. The third-order valence-electron chi connectivity index (χ3n) is 3.26. The standard InChI is InChI=1S/C14H20N2O3/c1-2-19-12-7-3-6-11(15)13(12)14(18)16-8-4-5-10(17)9-16/h3,6-7,10,17H,2,4-5,8-9,15H2,1H3/t10-/m0/s1. The van der Waals surface area contributed by atoms with Crippen LogP contribution in [0, 0.1) is 0 Å². The maximum absolute atomic E-state index is 12.5. The highest BCUT2D eigenvalue weighted by Crippen LogP contribution is 2.27. The highest BCUT2D eigenvalue weighted by Gasteiger charge is 2.26. The van der Waals surface area contributed by atoms with Crippen LogP contribution in [-0.4, -0.2) is 41.7 Å². The normalized spacial score (nSPS) is 19.3. The first-order chi connectivity index (χ1) is 9.13. The van der Waals surface area contributed by atoms with Crippen LogP contribution >= 0.6 is 0 Å². The van der Waals surface area contributed by atoms with E-state index in [1.54, 1.807) is 23.1 Å². The molecule has 5 heteroatoms. The van der Waals surface area contributed by atoms with E-state index in [-0.39, 0.29) is 5.91 Å². The van der Waals surface area contributed by atoms with Crippen molar-refractivity contribution in [1.29, 1.82) is 0 Å². The highest BCUT2D eigenvalue weighted by atomic mass is 16.5. The molecule has 3 N–H and O–H groups in total. The van der Waals surface area contributed by atoms with Gasteiger partial charge in [-0.3, -0.25) is 4.79 Å². The number of rotatable bonds is 3. The molecule has 1 aliphatic rings. The number of nitrogen functional groups attached to an aromatic ring is 1. The number of likely N-dealkylation sites (tertiary alicyclic amines) is 1. The third-order valence-corrected chi connectivity index (χ3v) is 3.26. The molecule has 1 saturated heterocycles. The molecule has 0 aromatic heterocycles. The van der Waals surface area contributed by atoms with Crippen molar-refractivity contribution in [3.05, 3.63) is 23.8 Å². The van der Waals surface area contributed by atoms with Crippen molar-refractivity contribution in [2.75, 3.05) is 25.4 Å². The van der Waals surface area contributed by atoms with Crippen LogP contribution < -0.4 is 10.5 Å². The monoisotopic (exact) mass is 264 g/mol. The Hall–Kier alpha value is -1.75. The van der Waals surface area contributed by atoms with E-state index in [4.69, 9.17) is 10.5 Å². The summed E-state index contributed by atoms with van der Waals surface area (Å²) in [5.74, 6) is 0.341. The quantitative estimate of drug-likeness (QED) is 0.806. The molecule has 104 valence electrons. The largest absolute Gasteiger partial charge is 0.493 e. The molecule has 1 fully saturated rings. The number of hydrogen-bond donors (Lipinski definition) is 2. The molecule has 5 nitrogen and oxygen atoms in total. The summed E-state index contributed by atoms with van der Waals surface area (Å²) in [6, 6.07) is 5.20. The summed E-state index contributed by atoms with van der Waals surface area (Å²) < 4.78 is 5.47. The molecular formula is C14H20N2O3. The molecule has 0 saturated carbocycles. The van der Waals surface area contributed by atoms with Crippen molar-refractivity contribution in [2.45, 2.75) is 25.9 Å². The van der Waals surface area contributed by atoms with Gasteiger partial charge in [0, 0.05) is 18.8 Å². The number of aliphatic hydroxyl groups is 1. The van der Waals surface area contributed by atoms with Crippen LogP contribution in [0.15, 0.2) is 18.2 Å². The lowest BCUT2D eigenvalue weighted by atomic mass is 10.1. The Balaban J connectivity index is 2.27. The summed E-state index contributed by atoms with van der Waals surface area (Å²) in [5.41, 5.74) is 6.72. The Morgan fingerprint density at radius 2 is 2.37 bits per heavy atom. The number of ether oxygens (including phenoxy) is 1. The van der Waals surface area contributed by atoms with Crippen LogP contribution in [0.4, 0.5) is 5.69 Å². The SMILES string of the molecule is CCOc1cccc(N)c1C(=O)N1CCC[C@H](O)C1. The minimum atomic E-state index is -0.446. The molecular weight excluding hydrogens is 244 g/mol. The minimum absolute atomic E-state index is 0.166. The fraction of sp³-hybridized carbons (Fsp3) is 0.500. The van der Waals surface area contributed by atoms with Gasteiger partial charge in [0.25, 0.3) is 5.91 Å². The van der Waals surface area contributed by atoms with Crippen molar-refractivity contribution < 1.29 is 14.6 Å². The van der Waals surface area contributed by atoms with Gasteiger partial charge in [0.15, 0.2) is 0 Å². The number of nitrogens with two attached hydrogens (primary N) is 1. The van der Waals surface area contributed by atoms with Gasteiger partial charge >= 0.3 is 0 Å². The number of anilines is 1. The van der Waals surface area contributed by atoms with Crippen LogP contribution in [0.2, 0.25) is 0 Å². The lowest BCUT2D eigenvalue weighted by Gasteiger charge is -2.30. The maximum Gasteiger partial charge on any atom is 0.259 e. The van der Waals surface area contributed by atoms with E-state index < -0.39 is 6.10 Å². The smallest absolute Gasteiger partial charge is 0.259 e. The van der Waals surface area contributed by atoms with Crippen molar-refractivity contribution in [2.24, 2.45) is 0 Å². The number of carbonyl (C=O) groups excluding carboxylic acids is 1. The van der Waals surface area contributed by atoms with Gasteiger partial charge in [-0.2, -0.15) is 0 Å². The number of hydrogen-bond acceptors (Lipinski definition) is 4. The third kappa shape index (κ3) is 2.98. The van der Waals surface area contributed by atoms with Crippen molar-refractivity contribution >= 4 is 11.6 Å². The fourth-order valence-electron chi connectivity index (χ4n) is 2.35. The van der Waals surface area contributed by atoms with Gasteiger partial charge in [-0.25, -0.2) is 0 Å². The van der Waals surface area contributed by atoms with Gasteiger partial charge in [0.05, 0.1) is 12.7 Å². The number of benzene rings is 1. The summed E-state index contributed by atoms with van der Waals surface area (Å²) in [6.45, 7) is 3.35. The second kappa shape index (κ2) is 5.93. The van der Waals surface area contributed by atoms with Gasteiger partial charge in [-0.15, -0.1) is 0 Å². The summed E-state index contributed by atoms with van der Waals surface area (Å²) in [7, 11) is 0. The summed E-state index contributed by atoms with van der Waals surface area (Å²) >= 11 is 0. The van der Waals surface area contributed by atoms with Crippen LogP contribution in [-0.2, 0) is 0 Å². The molecule has 1 heterocycles.